The average Bonchev–Trinajstić information content (AvgIpc) is 2.53. The van der Waals surface area contributed by atoms with Gasteiger partial charge in [-0.25, -0.2) is 4.98 Å². The van der Waals surface area contributed by atoms with Crippen LogP contribution in [-0.2, 0) is 0 Å². The number of methoxy groups -OCH3 is 1. The highest BCUT2D eigenvalue weighted by Gasteiger charge is 2.24. The van der Waals surface area contributed by atoms with Gasteiger partial charge in [0, 0.05) is 31.1 Å². The fourth-order valence-corrected chi connectivity index (χ4v) is 2.64. The van der Waals surface area contributed by atoms with Crippen molar-refractivity contribution in [3.05, 3.63) is 36.0 Å². The Labute approximate surface area is 123 Å². The van der Waals surface area contributed by atoms with Gasteiger partial charge in [0.2, 0.25) is 0 Å². The molecule has 0 aliphatic carbocycles. The molecule has 0 unspecified atom stereocenters. The minimum atomic E-state index is 0.00159. The van der Waals surface area contributed by atoms with Crippen LogP contribution in [0.1, 0.15) is 17.4 Å². The van der Waals surface area contributed by atoms with Crippen molar-refractivity contribution in [2.45, 2.75) is 13.0 Å². The van der Waals surface area contributed by atoms with E-state index in [0.717, 1.165) is 36.3 Å². The molecule has 1 saturated heterocycles. The molecule has 5 heteroatoms. The number of benzene rings is 1. The summed E-state index contributed by atoms with van der Waals surface area (Å²) in [6.07, 6.45) is 0. The van der Waals surface area contributed by atoms with Gasteiger partial charge in [0.05, 0.1) is 12.6 Å². The summed E-state index contributed by atoms with van der Waals surface area (Å²) in [5, 5.41) is 4.26. The van der Waals surface area contributed by atoms with Crippen molar-refractivity contribution in [3.63, 3.8) is 0 Å². The Morgan fingerprint density at radius 3 is 3.00 bits per heavy atom. The first-order valence-corrected chi connectivity index (χ1v) is 7.15. The molecule has 1 aliphatic rings. The maximum Gasteiger partial charge on any atom is 0.272 e. The lowest BCUT2D eigenvalue weighted by Crippen LogP contribution is -2.52. The maximum absolute atomic E-state index is 12.6. The number of nitrogens with one attached hydrogen (secondary N) is 1. The number of carbonyl (C=O) groups excluding carboxylic acids is 1. The third kappa shape index (κ3) is 2.69. The summed E-state index contributed by atoms with van der Waals surface area (Å²) in [5.74, 6) is 0.792. The Kier molecular flexibility index (Phi) is 3.75. The Hall–Kier alpha value is -2.14. The Morgan fingerprint density at radius 2 is 2.24 bits per heavy atom. The van der Waals surface area contributed by atoms with Gasteiger partial charge in [-0.15, -0.1) is 0 Å². The maximum atomic E-state index is 12.6. The number of piperazine rings is 1. The van der Waals surface area contributed by atoms with Gasteiger partial charge in [-0.05, 0) is 31.2 Å². The second-order valence-corrected chi connectivity index (χ2v) is 5.31. The zero-order chi connectivity index (χ0) is 14.8. The molecule has 1 aromatic heterocycles. The van der Waals surface area contributed by atoms with Gasteiger partial charge < -0.3 is 15.0 Å². The standard InChI is InChI=1S/C16H19N3O2/c1-11-10-17-7-8-19(11)16(20)15-5-3-12-9-13(21-2)4-6-14(12)18-15/h3-6,9,11,17H,7-8,10H2,1-2H3/t11-/m1/s1. The summed E-state index contributed by atoms with van der Waals surface area (Å²) >= 11 is 0. The van der Waals surface area contributed by atoms with Gasteiger partial charge in [0.1, 0.15) is 11.4 Å². The zero-order valence-electron chi connectivity index (χ0n) is 12.3. The van der Waals surface area contributed by atoms with Crippen molar-refractivity contribution in [3.8, 4) is 5.75 Å². The van der Waals surface area contributed by atoms with E-state index in [-0.39, 0.29) is 11.9 Å². The summed E-state index contributed by atoms with van der Waals surface area (Å²) in [5.41, 5.74) is 1.31. The van der Waals surface area contributed by atoms with E-state index in [4.69, 9.17) is 4.74 Å². The van der Waals surface area contributed by atoms with E-state index >= 15 is 0 Å². The molecule has 1 N–H and O–H groups in total. The van der Waals surface area contributed by atoms with Gasteiger partial charge in [-0.3, -0.25) is 4.79 Å². The van der Waals surface area contributed by atoms with Crippen LogP contribution in [0.2, 0.25) is 0 Å². The molecule has 2 heterocycles. The quantitative estimate of drug-likeness (QED) is 0.912. The highest BCUT2D eigenvalue weighted by atomic mass is 16.5. The summed E-state index contributed by atoms with van der Waals surface area (Å²) in [6, 6.07) is 9.57. The Morgan fingerprint density at radius 1 is 1.38 bits per heavy atom. The summed E-state index contributed by atoms with van der Waals surface area (Å²) < 4.78 is 5.20. The predicted molar refractivity (Wildman–Crippen MR) is 81.7 cm³/mol. The first-order valence-electron chi connectivity index (χ1n) is 7.15. The molecule has 2 aromatic rings. The van der Waals surface area contributed by atoms with Crippen molar-refractivity contribution in [1.29, 1.82) is 0 Å². The van der Waals surface area contributed by atoms with E-state index in [0.29, 0.717) is 5.69 Å². The minimum absolute atomic E-state index is 0.00159. The SMILES string of the molecule is COc1ccc2nc(C(=O)N3CCNC[C@H]3C)ccc2c1. The van der Waals surface area contributed by atoms with Crippen LogP contribution in [0.4, 0.5) is 0 Å². The summed E-state index contributed by atoms with van der Waals surface area (Å²) in [4.78, 5) is 19.0. The molecule has 0 saturated carbocycles. The molecular formula is C16H19N3O2. The molecule has 0 radical (unpaired) electrons. The minimum Gasteiger partial charge on any atom is -0.497 e. The molecule has 1 amide bonds. The first-order chi connectivity index (χ1) is 10.2. The number of hydrogen-bond donors (Lipinski definition) is 1. The van der Waals surface area contributed by atoms with Gasteiger partial charge in [-0.1, -0.05) is 6.07 Å². The van der Waals surface area contributed by atoms with Crippen molar-refractivity contribution in [2.75, 3.05) is 26.7 Å². The third-order valence-corrected chi connectivity index (χ3v) is 3.88. The number of nitrogens with zero attached hydrogens (tertiary/aromatic N) is 2. The van der Waals surface area contributed by atoms with E-state index in [1.807, 2.05) is 29.2 Å². The van der Waals surface area contributed by atoms with E-state index in [1.54, 1.807) is 13.2 Å². The topological polar surface area (TPSA) is 54.5 Å². The van der Waals surface area contributed by atoms with Gasteiger partial charge in [-0.2, -0.15) is 0 Å². The molecule has 3 rings (SSSR count). The molecule has 0 spiro atoms. The van der Waals surface area contributed by atoms with Crippen LogP contribution < -0.4 is 10.1 Å². The summed E-state index contributed by atoms with van der Waals surface area (Å²) in [7, 11) is 1.64. The monoisotopic (exact) mass is 285 g/mol. The number of ether oxygens (including phenoxy) is 1. The molecular weight excluding hydrogens is 266 g/mol. The third-order valence-electron chi connectivity index (χ3n) is 3.88. The number of fused-ring (bicyclic) bond motifs is 1. The molecule has 1 atom stereocenters. The predicted octanol–water partition coefficient (Wildman–Crippen LogP) is 1.68. The van der Waals surface area contributed by atoms with E-state index in [9.17, 15) is 4.79 Å². The van der Waals surface area contributed by atoms with Crippen LogP contribution in [0.15, 0.2) is 30.3 Å². The number of aromatic nitrogens is 1. The number of rotatable bonds is 2. The molecule has 110 valence electrons. The second-order valence-electron chi connectivity index (χ2n) is 5.31. The average molecular weight is 285 g/mol. The van der Waals surface area contributed by atoms with Gasteiger partial charge >= 0.3 is 0 Å². The summed E-state index contributed by atoms with van der Waals surface area (Å²) in [6.45, 7) is 4.44. The van der Waals surface area contributed by atoms with Crippen LogP contribution >= 0.6 is 0 Å². The van der Waals surface area contributed by atoms with Gasteiger partial charge in [0.25, 0.3) is 5.91 Å². The Bertz CT molecular complexity index is 672. The van der Waals surface area contributed by atoms with E-state index in [2.05, 4.69) is 17.2 Å². The zero-order valence-corrected chi connectivity index (χ0v) is 12.3. The largest absolute Gasteiger partial charge is 0.497 e. The van der Waals surface area contributed by atoms with Crippen LogP contribution in [0.3, 0.4) is 0 Å². The lowest BCUT2D eigenvalue weighted by Gasteiger charge is -2.33. The smallest absolute Gasteiger partial charge is 0.272 e. The highest BCUT2D eigenvalue weighted by molar-refractivity contribution is 5.95. The van der Waals surface area contributed by atoms with Gasteiger partial charge in [0.15, 0.2) is 0 Å². The van der Waals surface area contributed by atoms with Crippen molar-refractivity contribution >= 4 is 16.8 Å². The molecule has 1 aromatic carbocycles. The molecule has 1 fully saturated rings. The van der Waals surface area contributed by atoms with E-state index in [1.165, 1.54) is 0 Å². The van der Waals surface area contributed by atoms with Crippen molar-refractivity contribution in [2.24, 2.45) is 0 Å². The molecule has 5 nitrogen and oxygen atoms in total. The van der Waals surface area contributed by atoms with Crippen LogP contribution in [0.25, 0.3) is 10.9 Å². The highest BCUT2D eigenvalue weighted by Crippen LogP contribution is 2.20. The number of amides is 1. The van der Waals surface area contributed by atoms with Crippen LogP contribution in [-0.4, -0.2) is 48.6 Å². The van der Waals surface area contributed by atoms with Crippen LogP contribution in [0, 0.1) is 0 Å². The fourth-order valence-electron chi connectivity index (χ4n) is 2.64. The first kappa shape index (κ1) is 13.8. The number of carbonyl (C=O) groups is 1. The van der Waals surface area contributed by atoms with Crippen molar-refractivity contribution < 1.29 is 9.53 Å². The van der Waals surface area contributed by atoms with Crippen molar-refractivity contribution in [1.82, 2.24) is 15.2 Å². The lowest BCUT2D eigenvalue weighted by atomic mass is 10.1. The van der Waals surface area contributed by atoms with Crippen LogP contribution in [0.5, 0.6) is 5.75 Å². The molecule has 0 bridgehead atoms. The molecule has 1 aliphatic heterocycles. The molecule has 21 heavy (non-hydrogen) atoms. The van der Waals surface area contributed by atoms with E-state index < -0.39 is 0 Å². The lowest BCUT2D eigenvalue weighted by molar-refractivity contribution is 0.0650. The number of pyridine rings is 1. The normalized spacial score (nSPS) is 18.8. The Balaban J connectivity index is 1.91. The fraction of sp³-hybridized carbons (Fsp3) is 0.375. The second kappa shape index (κ2) is 5.69. The number of hydrogen-bond acceptors (Lipinski definition) is 4.